The van der Waals surface area contributed by atoms with Crippen molar-refractivity contribution >= 4 is 33.4 Å². The van der Waals surface area contributed by atoms with Gasteiger partial charge in [-0.25, -0.2) is 4.39 Å². The van der Waals surface area contributed by atoms with Crippen LogP contribution in [-0.4, -0.2) is 23.4 Å². The van der Waals surface area contributed by atoms with Gasteiger partial charge < -0.3 is 5.32 Å². The molecule has 0 saturated carbocycles. The second kappa shape index (κ2) is 5.40. The van der Waals surface area contributed by atoms with Crippen molar-refractivity contribution in [3.8, 4) is 0 Å². The van der Waals surface area contributed by atoms with Gasteiger partial charge in [0.15, 0.2) is 0 Å². The van der Waals surface area contributed by atoms with Crippen LogP contribution in [0.25, 0.3) is 0 Å². The van der Waals surface area contributed by atoms with Crippen molar-refractivity contribution in [2.75, 3.05) is 4.90 Å². The van der Waals surface area contributed by atoms with Gasteiger partial charge in [-0.15, -0.1) is 0 Å². The lowest BCUT2D eigenvalue weighted by Crippen LogP contribution is -2.69. The number of nitrogens with one attached hydrogen (secondary N) is 1. The highest BCUT2D eigenvalue weighted by molar-refractivity contribution is 9.10. The molecule has 0 radical (unpaired) electrons. The molecule has 0 bridgehead atoms. The van der Waals surface area contributed by atoms with Gasteiger partial charge in [-0.3, -0.25) is 14.5 Å². The lowest BCUT2D eigenvalue weighted by atomic mass is 9.91. The molecule has 1 N–H and O–H groups in total. The molecule has 0 spiro atoms. The van der Waals surface area contributed by atoms with Crippen molar-refractivity contribution in [1.82, 2.24) is 5.32 Å². The Balaban J connectivity index is 2.55. The molecule has 1 unspecified atom stereocenters. The maximum absolute atomic E-state index is 13.8. The van der Waals surface area contributed by atoms with Gasteiger partial charge in [-0.05, 0) is 53.9 Å². The quantitative estimate of drug-likeness (QED) is 0.885. The second-order valence-corrected chi connectivity index (χ2v) is 6.93. The predicted molar refractivity (Wildman–Crippen MR) is 82.4 cm³/mol. The summed E-state index contributed by atoms with van der Waals surface area (Å²) in [5.41, 5.74) is -0.617. The molecule has 1 aliphatic heterocycles. The molecule has 1 aliphatic rings. The van der Waals surface area contributed by atoms with Crippen LogP contribution >= 0.6 is 15.9 Å². The number of benzene rings is 1. The number of halogens is 2. The third-order valence-electron chi connectivity index (χ3n) is 3.55. The molecule has 1 fully saturated rings. The van der Waals surface area contributed by atoms with E-state index in [0.717, 1.165) is 0 Å². The fraction of sp³-hybridized carbons (Fsp3) is 0.467. The number of amides is 2. The smallest absolute Gasteiger partial charge is 0.252 e. The van der Waals surface area contributed by atoms with E-state index in [0.29, 0.717) is 10.2 Å². The second-order valence-electron chi connectivity index (χ2n) is 6.08. The molecule has 2 rings (SSSR count). The molecule has 6 heteroatoms. The summed E-state index contributed by atoms with van der Waals surface area (Å²) in [6, 6.07) is 3.79. The van der Waals surface area contributed by atoms with Crippen LogP contribution in [0.4, 0.5) is 10.1 Å². The number of carbonyl (C=O) groups is 2. The normalized spacial score (nSPS) is 21.7. The molecule has 114 valence electrons. The van der Waals surface area contributed by atoms with Gasteiger partial charge in [0, 0.05) is 5.69 Å². The van der Waals surface area contributed by atoms with Crippen LogP contribution in [0.2, 0.25) is 0 Å². The van der Waals surface area contributed by atoms with Crippen molar-refractivity contribution in [3.05, 3.63) is 28.5 Å². The monoisotopic (exact) mass is 356 g/mol. The van der Waals surface area contributed by atoms with E-state index in [1.54, 1.807) is 19.9 Å². The van der Waals surface area contributed by atoms with E-state index in [4.69, 9.17) is 0 Å². The summed E-state index contributed by atoms with van der Waals surface area (Å²) in [5.74, 6) is -1.02. The van der Waals surface area contributed by atoms with E-state index < -0.39 is 17.4 Å². The lowest BCUT2D eigenvalue weighted by Gasteiger charge is -2.44. The largest absolute Gasteiger partial charge is 0.340 e. The number of carbonyl (C=O) groups excluding carboxylic acids is 2. The highest BCUT2D eigenvalue weighted by Gasteiger charge is 2.47. The molecule has 1 aromatic carbocycles. The lowest BCUT2D eigenvalue weighted by molar-refractivity contribution is -0.138. The van der Waals surface area contributed by atoms with Crippen molar-refractivity contribution in [2.45, 2.75) is 39.3 Å². The number of hydrogen-bond donors (Lipinski definition) is 1. The van der Waals surface area contributed by atoms with Gasteiger partial charge in [0.25, 0.3) is 5.91 Å². The minimum absolute atomic E-state index is 0.0863. The highest BCUT2D eigenvalue weighted by atomic mass is 79.9. The van der Waals surface area contributed by atoms with E-state index in [-0.39, 0.29) is 17.7 Å². The Morgan fingerprint density at radius 3 is 2.48 bits per heavy atom. The summed E-state index contributed by atoms with van der Waals surface area (Å²) in [5, 5.41) is 2.73. The minimum atomic E-state index is -1.01. The van der Waals surface area contributed by atoms with Crippen molar-refractivity contribution in [3.63, 3.8) is 0 Å². The van der Waals surface area contributed by atoms with E-state index in [1.165, 1.54) is 17.0 Å². The topological polar surface area (TPSA) is 49.4 Å². The molecule has 0 aliphatic carbocycles. The average molecular weight is 357 g/mol. The Bertz CT molecular complexity index is 601. The highest BCUT2D eigenvalue weighted by Crippen LogP contribution is 2.30. The predicted octanol–water partition coefficient (Wildman–Crippen LogP) is 2.85. The number of rotatable bonds is 2. The standard InChI is InChI=1S/C15H18BrFN2O2/c1-8(2)12-13(20)18-15(3,4)14(21)19(12)9-5-6-10(16)11(17)7-9/h5-8,12H,1-4H3,(H,18,20). The van der Waals surface area contributed by atoms with Crippen LogP contribution in [-0.2, 0) is 9.59 Å². The maximum atomic E-state index is 13.8. The fourth-order valence-corrected chi connectivity index (χ4v) is 2.74. The van der Waals surface area contributed by atoms with Crippen LogP contribution in [0.15, 0.2) is 22.7 Å². The first-order valence-electron chi connectivity index (χ1n) is 6.76. The summed E-state index contributed by atoms with van der Waals surface area (Å²) in [7, 11) is 0. The third kappa shape index (κ3) is 2.81. The molecule has 1 saturated heterocycles. The zero-order chi connectivity index (χ0) is 15.9. The van der Waals surface area contributed by atoms with Crippen LogP contribution in [0, 0.1) is 11.7 Å². The first-order valence-corrected chi connectivity index (χ1v) is 7.55. The Labute approximate surface area is 131 Å². The van der Waals surface area contributed by atoms with Crippen molar-refractivity contribution < 1.29 is 14.0 Å². The zero-order valence-electron chi connectivity index (χ0n) is 12.4. The van der Waals surface area contributed by atoms with Crippen LogP contribution in [0.5, 0.6) is 0 Å². The van der Waals surface area contributed by atoms with Gasteiger partial charge in [-0.2, -0.15) is 0 Å². The fourth-order valence-electron chi connectivity index (χ4n) is 2.49. The van der Waals surface area contributed by atoms with E-state index >= 15 is 0 Å². The number of anilines is 1. The van der Waals surface area contributed by atoms with E-state index in [2.05, 4.69) is 21.2 Å². The number of piperazine rings is 1. The molecular formula is C15H18BrFN2O2. The molecule has 2 amide bonds. The van der Waals surface area contributed by atoms with Gasteiger partial charge in [0.1, 0.15) is 17.4 Å². The molecule has 21 heavy (non-hydrogen) atoms. The zero-order valence-corrected chi connectivity index (χ0v) is 14.0. The first kappa shape index (κ1) is 15.9. The summed E-state index contributed by atoms with van der Waals surface area (Å²) in [6.45, 7) is 7.01. The van der Waals surface area contributed by atoms with Crippen molar-refractivity contribution in [1.29, 1.82) is 0 Å². The first-order chi connectivity index (χ1) is 9.65. The Morgan fingerprint density at radius 2 is 1.95 bits per heavy atom. The Hall–Kier alpha value is -1.43. The maximum Gasteiger partial charge on any atom is 0.252 e. The average Bonchev–Trinajstić information content (AvgIpc) is 2.36. The van der Waals surface area contributed by atoms with Gasteiger partial charge in [0.2, 0.25) is 5.91 Å². The van der Waals surface area contributed by atoms with Crippen LogP contribution in [0.3, 0.4) is 0 Å². The SMILES string of the molecule is CC(C)C1C(=O)NC(C)(C)C(=O)N1c1ccc(Br)c(F)c1. The molecule has 4 nitrogen and oxygen atoms in total. The molecular weight excluding hydrogens is 339 g/mol. The van der Waals surface area contributed by atoms with Gasteiger partial charge in [-0.1, -0.05) is 13.8 Å². The Morgan fingerprint density at radius 1 is 1.33 bits per heavy atom. The summed E-state index contributed by atoms with van der Waals surface area (Å²) < 4.78 is 14.1. The molecule has 0 aromatic heterocycles. The third-order valence-corrected chi connectivity index (χ3v) is 4.19. The van der Waals surface area contributed by atoms with Crippen molar-refractivity contribution in [2.24, 2.45) is 5.92 Å². The van der Waals surface area contributed by atoms with Gasteiger partial charge in [0.05, 0.1) is 4.47 Å². The molecule has 1 aromatic rings. The van der Waals surface area contributed by atoms with Gasteiger partial charge >= 0.3 is 0 Å². The number of hydrogen-bond acceptors (Lipinski definition) is 2. The summed E-state index contributed by atoms with van der Waals surface area (Å²) in [6.07, 6.45) is 0. The summed E-state index contributed by atoms with van der Waals surface area (Å²) >= 11 is 3.09. The molecule has 1 atom stereocenters. The number of nitrogens with zero attached hydrogens (tertiary/aromatic N) is 1. The summed E-state index contributed by atoms with van der Waals surface area (Å²) in [4.78, 5) is 26.4. The molecule has 1 heterocycles. The minimum Gasteiger partial charge on any atom is -0.340 e. The van der Waals surface area contributed by atoms with E-state index in [1.807, 2.05) is 13.8 Å². The van der Waals surface area contributed by atoms with E-state index in [9.17, 15) is 14.0 Å². The van der Waals surface area contributed by atoms with Crippen LogP contribution in [0.1, 0.15) is 27.7 Å². The Kier molecular flexibility index (Phi) is 4.10. The van der Waals surface area contributed by atoms with Crippen LogP contribution < -0.4 is 10.2 Å².